The van der Waals surface area contributed by atoms with Gasteiger partial charge in [-0.05, 0) is 6.92 Å². The summed E-state index contributed by atoms with van der Waals surface area (Å²) in [4.78, 5) is 23.1. The molecule has 0 bridgehead atoms. The molecule has 1 heterocycles. The molecule has 1 N–H and O–H groups in total. The van der Waals surface area contributed by atoms with E-state index in [4.69, 9.17) is 4.74 Å². The van der Waals surface area contributed by atoms with Gasteiger partial charge in [0.25, 0.3) is 0 Å². The van der Waals surface area contributed by atoms with Crippen LogP contribution in [0.2, 0.25) is 0 Å². The van der Waals surface area contributed by atoms with Crippen molar-refractivity contribution in [3.63, 3.8) is 0 Å². The summed E-state index contributed by atoms with van der Waals surface area (Å²) in [5.41, 5.74) is 0. The van der Waals surface area contributed by atoms with E-state index in [2.05, 4.69) is 4.74 Å². The van der Waals surface area contributed by atoms with Crippen LogP contribution in [0.3, 0.4) is 0 Å². The molecule has 1 aliphatic rings. The summed E-state index contributed by atoms with van der Waals surface area (Å²) in [7, 11) is 1.36. The summed E-state index contributed by atoms with van der Waals surface area (Å²) in [6.07, 6.45) is 0.363. The zero-order valence-electron chi connectivity index (χ0n) is 8.54. The molecular formula is C9H16NO4+. The molecule has 14 heavy (non-hydrogen) atoms. The van der Waals surface area contributed by atoms with Gasteiger partial charge in [-0.25, -0.2) is 4.79 Å². The summed E-state index contributed by atoms with van der Waals surface area (Å²) in [5, 5.41) is 0. The fraction of sp³-hybridized carbons (Fsp3) is 0.778. The Morgan fingerprint density at radius 2 is 2.21 bits per heavy atom. The largest absolute Gasteiger partial charge is 0.469 e. The molecule has 5 heteroatoms. The van der Waals surface area contributed by atoms with Gasteiger partial charge in [-0.3, -0.25) is 4.79 Å². The Morgan fingerprint density at radius 1 is 1.50 bits per heavy atom. The maximum Gasteiger partial charge on any atom is 0.371 e. The van der Waals surface area contributed by atoms with Gasteiger partial charge in [-0.15, -0.1) is 0 Å². The van der Waals surface area contributed by atoms with Crippen molar-refractivity contribution >= 4 is 11.9 Å². The Morgan fingerprint density at radius 3 is 2.79 bits per heavy atom. The van der Waals surface area contributed by atoms with Crippen LogP contribution in [0.1, 0.15) is 13.3 Å². The molecule has 0 amide bonds. The van der Waals surface area contributed by atoms with Gasteiger partial charge < -0.3 is 14.4 Å². The Kier molecular flexibility index (Phi) is 3.88. The molecule has 0 aromatic carbocycles. The molecule has 0 aliphatic carbocycles. The topological polar surface area (TPSA) is 57.0 Å². The van der Waals surface area contributed by atoms with Crippen molar-refractivity contribution in [3.05, 3.63) is 0 Å². The fourth-order valence-electron chi connectivity index (χ4n) is 1.34. The number of carbonyl (C=O) groups excluding carboxylic acids is 2. The van der Waals surface area contributed by atoms with Gasteiger partial charge in [0.2, 0.25) is 6.04 Å². The first kappa shape index (κ1) is 11.0. The second-order valence-corrected chi connectivity index (χ2v) is 3.24. The smallest absolute Gasteiger partial charge is 0.371 e. The van der Waals surface area contributed by atoms with Crippen LogP contribution in [0, 0.1) is 0 Å². The third-order valence-electron chi connectivity index (χ3n) is 2.25. The Bertz CT molecular complexity index is 229. The first-order chi connectivity index (χ1) is 6.69. The number of methoxy groups -OCH3 is 1. The van der Waals surface area contributed by atoms with Crippen molar-refractivity contribution < 1.29 is 24.0 Å². The summed E-state index contributed by atoms with van der Waals surface area (Å²) in [6.45, 7) is 3.62. The molecule has 1 rings (SSSR count). The van der Waals surface area contributed by atoms with E-state index in [9.17, 15) is 9.59 Å². The summed E-state index contributed by atoms with van der Waals surface area (Å²) in [5.74, 6) is -0.389. The highest BCUT2D eigenvalue weighted by atomic mass is 16.5. The fourth-order valence-corrected chi connectivity index (χ4v) is 1.34. The quantitative estimate of drug-likeness (QED) is 0.430. The number of nitrogens with one attached hydrogen (secondary N) is 1. The predicted octanol–water partition coefficient (Wildman–Crippen LogP) is -1.62. The van der Waals surface area contributed by atoms with Crippen LogP contribution in [0.5, 0.6) is 0 Å². The molecule has 1 saturated heterocycles. The van der Waals surface area contributed by atoms with E-state index in [0.29, 0.717) is 19.6 Å². The number of carbonyl (C=O) groups is 2. The van der Waals surface area contributed by atoms with E-state index < -0.39 is 0 Å². The van der Waals surface area contributed by atoms with Crippen molar-refractivity contribution in [2.45, 2.75) is 19.4 Å². The van der Waals surface area contributed by atoms with Crippen molar-refractivity contribution in [1.82, 2.24) is 0 Å². The van der Waals surface area contributed by atoms with Crippen molar-refractivity contribution in [2.75, 3.05) is 26.8 Å². The van der Waals surface area contributed by atoms with Crippen LogP contribution in [0.4, 0.5) is 0 Å². The molecular weight excluding hydrogens is 186 g/mol. The number of esters is 2. The lowest BCUT2D eigenvalue weighted by atomic mass is 10.4. The van der Waals surface area contributed by atoms with Gasteiger partial charge in [0.05, 0.1) is 26.7 Å². The molecule has 1 unspecified atom stereocenters. The molecule has 1 fully saturated rings. The molecule has 1 aliphatic heterocycles. The van der Waals surface area contributed by atoms with E-state index in [-0.39, 0.29) is 18.0 Å². The minimum absolute atomic E-state index is 0.0559. The van der Waals surface area contributed by atoms with E-state index >= 15 is 0 Å². The summed E-state index contributed by atoms with van der Waals surface area (Å²) < 4.78 is 9.36. The van der Waals surface area contributed by atoms with Crippen LogP contribution in [-0.4, -0.2) is 44.8 Å². The highest BCUT2D eigenvalue weighted by Gasteiger charge is 2.47. The standard InChI is InChI=1S/C9H15NO4/c1-3-14-9(12)7-6-10(7)5-4-8(11)13-2/h7H,3-6H2,1-2H3/p+1/t7-,10?/m1/s1. The lowest BCUT2D eigenvalue weighted by Crippen LogP contribution is -2.95. The van der Waals surface area contributed by atoms with Crippen LogP contribution < -0.4 is 4.90 Å². The molecule has 0 spiro atoms. The normalized spacial score (nSPS) is 24.1. The average molecular weight is 202 g/mol. The van der Waals surface area contributed by atoms with E-state index in [1.165, 1.54) is 7.11 Å². The summed E-state index contributed by atoms with van der Waals surface area (Å²) >= 11 is 0. The van der Waals surface area contributed by atoms with Crippen LogP contribution in [0.15, 0.2) is 0 Å². The van der Waals surface area contributed by atoms with Crippen molar-refractivity contribution in [3.8, 4) is 0 Å². The monoisotopic (exact) mass is 202 g/mol. The van der Waals surface area contributed by atoms with E-state index in [0.717, 1.165) is 11.4 Å². The number of hydrogen-bond acceptors (Lipinski definition) is 4. The van der Waals surface area contributed by atoms with Crippen LogP contribution in [0.25, 0.3) is 0 Å². The van der Waals surface area contributed by atoms with Gasteiger partial charge in [0.15, 0.2) is 0 Å². The second kappa shape index (κ2) is 4.95. The Hall–Kier alpha value is -1.10. The lowest BCUT2D eigenvalue weighted by Gasteiger charge is -1.99. The first-order valence-electron chi connectivity index (χ1n) is 4.77. The predicted molar refractivity (Wildman–Crippen MR) is 47.8 cm³/mol. The molecule has 0 saturated carbocycles. The van der Waals surface area contributed by atoms with Crippen molar-refractivity contribution in [1.29, 1.82) is 0 Å². The van der Waals surface area contributed by atoms with E-state index in [1.54, 1.807) is 6.92 Å². The minimum atomic E-state index is -0.230. The van der Waals surface area contributed by atoms with Gasteiger partial charge in [0.1, 0.15) is 6.54 Å². The maximum atomic E-state index is 11.2. The van der Waals surface area contributed by atoms with Gasteiger partial charge in [-0.1, -0.05) is 0 Å². The highest BCUT2D eigenvalue weighted by Crippen LogP contribution is 1.94. The average Bonchev–Trinajstić information content (AvgIpc) is 2.94. The number of quaternary nitrogens is 1. The zero-order valence-corrected chi connectivity index (χ0v) is 8.54. The zero-order chi connectivity index (χ0) is 10.6. The third-order valence-corrected chi connectivity index (χ3v) is 2.25. The lowest BCUT2D eigenvalue weighted by molar-refractivity contribution is -0.768. The summed E-state index contributed by atoms with van der Waals surface area (Å²) in [6, 6.07) is -0.0559. The highest BCUT2D eigenvalue weighted by molar-refractivity contribution is 5.76. The molecule has 80 valence electrons. The van der Waals surface area contributed by atoms with Crippen molar-refractivity contribution in [2.24, 2.45) is 0 Å². The molecule has 0 radical (unpaired) electrons. The Labute approximate surface area is 83.0 Å². The SMILES string of the molecule is CCOC(=O)[C@H]1C[NH+]1CCC(=O)OC. The van der Waals surface area contributed by atoms with Gasteiger partial charge in [-0.2, -0.15) is 0 Å². The maximum absolute atomic E-state index is 11.2. The molecule has 0 aromatic heterocycles. The number of ether oxygens (including phenoxy) is 2. The number of rotatable bonds is 5. The van der Waals surface area contributed by atoms with Gasteiger partial charge >= 0.3 is 11.9 Å². The van der Waals surface area contributed by atoms with Gasteiger partial charge in [0, 0.05) is 0 Å². The number of hydrogen-bond donors (Lipinski definition) is 1. The molecule has 0 aromatic rings. The van der Waals surface area contributed by atoms with Crippen LogP contribution >= 0.6 is 0 Å². The van der Waals surface area contributed by atoms with E-state index in [1.807, 2.05) is 0 Å². The molecule has 5 nitrogen and oxygen atoms in total. The second-order valence-electron chi connectivity index (χ2n) is 3.24. The minimum Gasteiger partial charge on any atom is -0.469 e. The van der Waals surface area contributed by atoms with Crippen LogP contribution in [-0.2, 0) is 19.1 Å². The Balaban J connectivity index is 2.13. The third kappa shape index (κ3) is 2.99. The first-order valence-corrected chi connectivity index (χ1v) is 4.77. The molecule has 2 atom stereocenters.